The van der Waals surface area contributed by atoms with Crippen LogP contribution in [0.15, 0.2) is 28.9 Å². The second-order valence-corrected chi connectivity index (χ2v) is 9.30. The fraction of sp³-hybridized carbons (Fsp3) is 0.609. The van der Waals surface area contributed by atoms with Gasteiger partial charge in [-0.2, -0.15) is 0 Å². The molecule has 1 heterocycles. The third kappa shape index (κ3) is 4.02. The second kappa shape index (κ2) is 7.81. The summed E-state index contributed by atoms with van der Waals surface area (Å²) < 4.78 is 11.7. The molecule has 3 rings (SSSR count). The highest BCUT2D eigenvalue weighted by Crippen LogP contribution is 2.54. The van der Waals surface area contributed by atoms with Crippen LogP contribution in [0.5, 0.6) is 11.5 Å². The predicted molar refractivity (Wildman–Crippen MR) is 111 cm³/mol. The van der Waals surface area contributed by atoms with Crippen LogP contribution < -0.4 is 4.74 Å². The first-order chi connectivity index (χ1) is 13.6. The number of carbonyl (C=O) groups excluding carboxylic acids is 1. The standard InChI is InChI=1S/C23H31N2O4/c1-14-7-8-17-16(11-14)20-18(26)12-15(13-19(20)29-23(17,4)5)22(2,3)21(27)28-10-6-9-25-24/h7,12-13,16-17,26H,6,8-11H2,1-5H3/q-1/t16-,17?/m1/s1. The topological polar surface area (TPSA) is 90.4 Å². The van der Waals surface area contributed by atoms with Gasteiger partial charge in [-0.05, 0) is 71.6 Å². The van der Waals surface area contributed by atoms with Gasteiger partial charge in [0.25, 0.3) is 0 Å². The van der Waals surface area contributed by atoms with Crippen LogP contribution in [0.3, 0.4) is 0 Å². The maximum absolute atomic E-state index is 12.7. The van der Waals surface area contributed by atoms with Crippen molar-refractivity contribution in [3.63, 3.8) is 0 Å². The zero-order chi connectivity index (χ0) is 21.4. The molecular formula is C23H31N2O4-. The van der Waals surface area contributed by atoms with Gasteiger partial charge in [-0.3, -0.25) is 4.79 Å². The zero-order valence-electron chi connectivity index (χ0n) is 18.0. The number of esters is 1. The van der Waals surface area contributed by atoms with E-state index in [1.54, 1.807) is 19.9 Å². The van der Waals surface area contributed by atoms with Gasteiger partial charge in [0.2, 0.25) is 0 Å². The summed E-state index contributed by atoms with van der Waals surface area (Å²) in [5.74, 6) is 0.938. The van der Waals surface area contributed by atoms with E-state index in [0.717, 1.165) is 18.4 Å². The molecule has 158 valence electrons. The first-order valence-electron chi connectivity index (χ1n) is 10.3. The highest BCUT2D eigenvalue weighted by molar-refractivity contribution is 5.82. The van der Waals surface area contributed by atoms with Gasteiger partial charge in [-0.25, -0.2) is 0 Å². The number of phenols is 1. The minimum Gasteiger partial charge on any atom is -0.712 e. The van der Waals surface area contributed by atoms with Crippen LogP contribution in [0.1, 0.15) is 70.9 Å². The summed E-state index contributed by atoms with van der Waals surface area (Å²) in [4.78, 5) is 12.7. The zero-order valence-corrected chi connectivity index (χ0v) is 18.0. The highest BCUT2D eigenvalue weighted by atomic mass is 16.5. The lowest BCUT2D eigenvalue weighted by atomic mass is 9.67. The van der Waals surface area contributed by atoms with E-state index in [1.165, 1.54) is 5.57 Å². The van der Waals surface area contributed by atoms with Crippen LogP contribution in [-0.4, -0.2) is 29.8 Å². The molecule has 6 heteroatoms. The summed E-state index contributed by atoms with van der Waals surface area (Å²) in [6.45, 7) is 10.3. The monoisotopic (exact) mass is 399 g/mol. The molecule has 0 radical (unpaired) electrons. The van der Waals surface area contributed by atoms with Crippen molar-refractivity contribution in [3.05, 3.63) is 40.4 Å². The first kappa shape index (κ1) is 21.3. The first-order valence-corrected chi connectivity index (χ1v) is 10.3. The van der Waals surface area contributed by atoms with E-state index in [1.807, 2.05) is 6.07 Å². The molecule has 1 N–H and O–H groups in total. The Morgan fingerprint density at radius 3 is 2.83 bits per heavy atom. The molecule has 0 saturated heterocycles. The van der Waals surface area contributed by atoms with Gasteiger partial charge in [0.1, 0.15) is 17.1 Å². The quantitative estimate of drug-likeness (QED) is 0.307. The van der Waals surface area contributed by atoms with Gasteiger partial charge >= 0.3 is 5.97 Å². The molecule has 0 bridgehead atoms. The number of carbonyl (C=O) groups is 1. The summed E-state index contributed by atoms with van der Waals surface area (Å²) in [6, 6.07) is 3.56. The van der Waals surface area contributed by atoms with Gasteiger partial charge in [0.05, 0.1) is 12.0 Å². The van der Waals surface area contributed by atoms with Crippen LogP contribution in [0.25, 0.3) is 5.53 Å². The van der Waals surface area contributed by atoms with Gasteiger partial charge < -0.3 is 25.2 Å². The number of hydrogen-bond acceptors (Lipinski definition) is 5. The molecule has 2 atom stereocenters. The molecule has 0 spiro atoms. The molecule has 1 unspecified atom stereocenters. The molecule has 1 aromatic carbocycles. The van der Waals surface area contributed by atoms with E-state index >= 15 is 0 Å². The summed E-state index contributed by atoms with van der Waals surface area (Å²) >= 11 is 0. The predicted octanol–water partition coefficient (Wildman–Crippen LogP) is 5.24. The van der Waals surface area contributed by atoms with Gasteiger partial charge in [0, 0.05) is 23.9 Å². The maximum atomic E-state index is 12.7. The minimum atomic E-state index is -0.949. The van der Waals surface area contributed by atoms with E-state index in [9.17, 15) is 9.90 Å². The number of rotatable bonds is 6. The van der Waals surface area contributed by atoms with Crippen molar-refractivity contribution >= 4 is 5.97 Å². The van der Waals surface area contributed by atoms with Crippen LogP contribution in [0, 0.1) is 5.92 Å². The Hall–Kier alpha value is -2.37. The van der Waals surface area contributed by atoms with Crippen molar-refractivity contribution < 1.29 is 19.4 Å². The lowest BCUT2D eigenvalue weighted by Gasteiger charge is -2.47. The number of ether oxygens (including phenoxy) is 2. The van der Waals surface area contributed by atoms with Crippen molar-refractivity contribution in [2.75, 3.05) is 13.2 Å². The number of benzene rings is 1. The van der Waals surface area contributed by atoms with Crippen LogP contribution in [0.4, 0.5) is 0 Å². The highest BCUT2D eigenvalue weighted by Gasteiger charge is 2.46. The summed E-state index contributed by atoms with van der Waals surface area (Å²) in [7, 11) is 0. The third-order valence-corrected chi connectivity index (χ3v) is 6.37. The Bertz CT molecular complexity index is 842. The summed E-state index contributed by atoms with van der Waals surface area (Å²) in [5, 5.41) is 14.0. The second-order valence-electron chi connectivity index (χ2n) is 9.30. The van der Waals surface area contributed by atoms with E-state index in [2.05, 4.69) is 32.0 Å². The lowest BCUT2D eigenvalue weighted by molar-refractivity contribution is -0.149. The Morgan fingerprint density at radius 1 is 1.41 bits per heavy atom. The van der Waals surface area contributed by atoms with E-state index < -0.39 is 5.41 Å². The van der Waals surface area contributed by atoms with Crippen LogP contribution in [0.2, 0.25) is 0 Å². The van der Waals surface area contributed by atoms with Crippen molar-refractivity contribution in [1.82, 2.24) is 0 Å². The van der Waals surface area contributed by atoms with Crippen molar-refractivity contribution in [3.8, 4) is 11.5 Å². The lowest BCUT2D eigenvalue weighted by Crippen LogP contribution is -2.45. The summed E-state index contributed by atoms with van der Waals surface area (Å²) in [6.07, 6.45) is 4.56. The Morgan fingerprint density at radius 2 is 2.14 bits per heavy atom. The van der Waals surface area contributed by atoms with Crippen molar-refractivity contribution in [2.45, 2.75) is 70.8 Å². The van der Waals surface area contributed by atoms with E-state index in [0.29, 0.717) is 23.7 Å². The maximum Gasteiger partial charge on any atom is 0.315 e. The number of aromatic hydroxyl groups is 1. The number of hydrogen-bond donors (Lipinski definition) is 1. The SMILES string of the molecule is CC1=CCC2[C@@H](C1)c1c(O)cc(C(C)(C)C(=O)OCCCN=[N-])cc1OC2(C)C. The van der Waals surface area contributed by atoms with Gasteiger partial charge in [-0.15, -0.1) is 0 Å². The number of allylic oxidation sites excluding steroid dienone is 2. The molecule has 0 fully saturated rings. The molecule has 6 nitrogen and oxygen atoms in total. The normalized spacial score (nSPS) is 22.6. The van der Waals surface area contributed by atoms with Gasteiger partial charge in [-0.1, -0.05) is 11.6 Å². The van der Waals surface area contributed by atoms with E-state index in [-0.39, 0.29) is 36.4 Å². The van der Waals surface area contributed by atoms with Crippen LogP contribution in [-0.2, 0) is 14.9 Å². The van der Waals surface area contributed by atoms with Crippen molar-refractivity contribution in [2.24, 2.45) is 11.0 Å². The third-order valence-electron chi connectivity index (χ3n) is 6.37. The summed E-state index contributed by atoms with van der Waals surface area (Å²) in [5.41, 5.74) is 10.0. The fourth-order valence-electron chi connectivity index (χ4n) is 4.52. The number of fused-ring (bicyclic) bond motifs is 3. The fourth-order valence-corrected chi connectivity index (χ4v) is 4.52. The Balaban J connectivity index is 1.93. The van der Waals surface area contributed by atoms with Gasteiger partial charge in [0.15, 0.2) is 0 Å². The molecule has 1 aliphatic heterocycles. The average molecular weight is 400 g/mol. The molecule has 2 aliphatic rings. The molecule has 29 heavy (non-hydrogen) atoms. The molecule has 1 aromatic rings. The molecular weight excluding hydrogens is 368 g/mol. The van der Waals surface area contributed by atoms with Crippen LogP contribution >= 0.6 is 0 Å². The Kier molecular flexibility index (Phi) is 5.74. The average Bonchev–Trinajstić information content (AvgIpc) is 2.63. The molecule has 0 aromatic heterocycles. The molecule has 0 amide bonds. The molecule has 1 aliphatic carbocycles. The van der Waals surface area contributed by atoms with Crippen molar-refractivity contribution in [1.29, 1.82) is 0 Å². The smallest absolute Gasteiger partial charge is 0.315 e. The largest absolute Gasteiger partial charge is 0.712 e. The minimum absolute atomic E-state index is 0.178. The number of phenolic OH excluding ortho intramolecular Hbond substituents is 1. The van der Waals surface area contributed by atoms with E-state index in [4.69, 9.17) is 15.0 Å². The number of nitrogens with zero attached hydrogens (tertiary/aromatic N) is 2. The Labute approximate surface area is 172 Å². The molecule has 0 saturated carbocycles.